The Hall–Kier alpha value is -6.29. The molecule has 2 spiro atoms. The van der Waals surface area contributed by atoms with E-state index >= 15 is 0 Å². The largest absolute Gasteiger partial charge is 0.460 e. The van der Waals surface area contributed by atoms with Crippen molar-refractivity contribution in [1.29, 1.82) is 0 Å². The van der Waals surface area contributed by atoms with Crippen LogP contribution in [0.25, 0.3) is 0 Å². The summed E-state index contributed by atoms with van der Waals surface area (Å²) in [6.07, 6.45) is 1.08. The van der Waals surface area contributed by atoms with Crippen molar-refractivity contribution in [2.24, 2.45) is 0 Å². The topological polar surface area (TPSA) is 247 Å². The van der Waals surface area contributed by atoms with Gasteiger partial charge in [-0.15, -0.1) is 0 Å². The molecule has 6 aromatic carbocycles. The van der Waals surface area contributed by atoms with Crippen molar-refractivity contribution in [1.82, 2.24) is 0 Å². The van der Waals surface area contributed by atoms with Crippen molar-refractivity contribution in [3.63, 3.8) is 0 Å². The van der Waals surface area contributed by atoms with Crippen molar-refractivity contribution in [2.45, 2.75) is 30.1 Å². The van der Waals surface area contributed by atoms with Gasteiger partial charge in [-0.1, -0.05) is 36.4 Å². The molecule has 0 aromatic heterocycles. The molecule has 2 aliphatic carbocycles. The third kappa shape index (κ3) is 4.47. The molecule has 0 bridgehead atoms. The molecule has 3 aliphatic rings. The molecule has 1 heterocycles. The number of fused-ring (bicyclic) bond motifs is 12. The minimum absolute atomic E-state index is 0.258. The van der Waals surface area contributed by atoms with Crippen LogP contribution in [0.4, 0.5) is 45.5 Å². The van der Waals surface area contributed by atoms with Gasteiger partial charge in [0.05, 0.1) is 5.41 Å². The maximum absolute atomic E-state index is 11.3. The molecule has 266 valence electrons. The van der Waals surface area contributed by atoms with E-state index in [4.69, 9.17) is 54.9 Å². The Morgan fingerprint density at radius 1 is 0.491 bits per heavy atom. The summed E-state index contributed by atoms with van der Waals surface area (Å²) in [5.74, 6) is 0.803. The zero-order chi connectivity index (χ0) is 37.0. The highest BCUT2D eigenvalue weighted by molar-refractivity contribution is 7.41. The Bertz CT molecular complexity index is 2430. The normalized spacial score (nSPS) is 19.0. The first-order valence-electron chi connectivity index (χ1n) is 17.2. The van der Waals surface area contributed by atoms with Crippen molar-refractivity contribution in [2.75, 3.05) is 45.9 Å². The van der Waals surface area contributed by atoms with Gasteiger partial charge in [-0.05, 0) is 124 Å². The van der Waals surface area contributed by atoms with Gasteiger partial charge in [-0.3, -0.25) is 0 Å². The fourth-order valence-electron chi connectivity index (χ4n) is 9.75. The lowest BCUT2D eigenvalue weighted by Gasteiger charge is -2.58. The Morgan fingerprint density at radius 3 is 1.32 bits per heavy atom. The highest BCUT2D eigenvalue weighted by Crippen LogP contribution is 2.69. The Kier molecular flexibility index (Phi) is 6.98. The number of anilines is 8. The number of hydrogen-bond donors (Lipinski definition) is 9. The molecule has 12 heteroatoms. The summed E-state index contributed by atoms with van der Waals surface area (Å²) in [7, 11) is -2.40. The van der Waals surface area contributed by atoms with E-state index in [0.717, 1.165) is 55.6 Å². The van der Waals surface area contributed by atoms with Gasteiger partial charge in [0.2, 0.25) is 0 Å². The molecule has 0 saturated heterocycles. The van der Waals surface area contributed by atoms with Gasteiger partial charge in [-0.2, -0.15) is 0 Å². The number of hydrogen-bond acceptors (Lipinski definition) is 11. The number of nitrogens with two attached hydrogens (primary N) is 8. The van der Waals surface area contributed by atoms with E-state index in [9.17, 15) is 4.89 Å². The minimum atomic E-state index is -2.40. The SMILES string of the molecule is Nc1cc(N)c2c(c1)Cc1cc(N)cc(N)c1C1(c3c(N)cc(N)cc3Cc3cc(N)cc(N)c31)C1(C2)c2ccccc2OP(O)Oc2ccccc21. The van der Waals surface area contributed by atoms with Crippen LogP contribution < -0.4 is 54.9 Å². The average molecular weight is 723 g/mol. The van der Waals surface area contributed by atoms with Crippen LogP contribution in [-0.4, -0.2) is 4.89 Å². The molecule has 0 amide bonds. The second kappa shape index (κ2) is 11.4. The summed E-state index contributed by atoms with van der Waals surface area (Å²) < 4.78 is 12.7. The summed E-state index contributed by atoms with van der Waals surface area (Å²) in [6.45, 7) is 0. The van der Waals surface area contributed by atoms with Crippen molar-refractivity contribution >= 4 is 54.1 Å². The van der Waals surface area contributed by atoms with E-state index < -0.39 is 19.4 Å². The highest BCUT2D eigenvalue weighted by Gasteiger charge is 2.64. The second-order valence-corrected chi connectivity index (χ2v) is 15.1. The molecule has 17 N–H and O–H groups in total. The second-order valence-electron chi connectivity index (χ2n) is 14.3. The number of rotatable bonds is 0. The Labute approximate surface area is 307 Å². The number of nitrogen functional groups attached to an aromatic ring is 8. The molecule has 1 aliphatic heterocycles. The molecular formula is C41H39N8O3P. The van der Waals surface area contributed by atoms with E-state index in [-0.39, 0.29) is 6.42 Å². The first kappa shape index (κ1) is 32.6. The van der Waals surface area contributed by atoms with Crippen LogP contribution in [0, 0.1) is 0 Å². The smallest absolute Gasteiger partial charge is 0.418 e. The van der Waals surface area contributed by atoms with Gasteiger partial charge in [0.25, 0.3) is 0 Å². The molecule has 0 unspecified atom stereocenters. The Balaban J connectivity index is 1.66. The van der Waals surface area contributed by atoms with E-state index in [1.165, 1.54) is 0 Å². The van der Waals surface area contributed by atoms with Crippen LogP contribution in [0.1, 0.15) is 55.6 Å². The van der Waals surface area contributed by atoms with E-state index in [0.29, 0.717) is 69.8 Å². The lowest BCUT2D eigenvalue weighted by molar-refractivity contribution is 0.305. The van der Waals surface area contributed by atoms with Crippen LogP contribution in [0.3, 0.4) is 0 Å². The van der Waals surface area contributed by atoms with E-state index in [1.54, 1.807) is 24.3 Å². The summed E-state index contributed by atoms with van der Waals surface area (Å²) in [5, 5.41) is 0. The molecule has 0 fully saturated rings. The molecule has 0 radical (unpaired) electrons. The van der Waals surface area contributed by atoms with Crippen molar-refractivity contribution in [3.8, 4) is 11.5 Å². The predicted molar refractivity (Wildman–Crippen MR) is 214 cm³/mol. The van der Waals surface area contributed by atoms with Crippen molar-refractivity contribution < 1.29 is 13.9 Å². The van der Waals surface area contributed by atoms with Gasteiger partial charge in [0.1, 0.15) is 11.5 Å². The summed E-state index contributed by atoms with van der Waals surface area (Å²) in [5.41, 5.74) is 64.6. The average Bonchev–Trinajstić information content (AvgIpc) is 3.06. The first-order valence-corrected chi connectivity index (χ1v) is 18.3. The molecule has 6 aromatic rings. The molecule has 53 heavy (non-hydrogen) atoms. The summed E-state index contributed by atoms with van der Waals surface area (Å²) in [4.78, 5) is 11.3. The third-order valence-corrected chi connectivity index (χ3v) is 11.9. The van der Waals surface area contributed by atoms with E-state index in [2.05, 4.69) is 0 Å². The van der Waals surface area contributed by atoms with Crippen LogP contribution in [0.15, 0.2) is 97.1 Å². The summed E-state index contributed by atoms with van der Waals surface area (Å²) >= 11 is 0. The van der Waals surface area contributed by atoms with Gasteiger partial charge >= 0.3 is 8.60 Å². The molecule has 9 rings (SSSR count). The Morgan fingerprint density at radius 2 is 0.868 bits per heavy atom. The molecular weight excluding hydrogens is 683 g/mol. The molecule has 11 nitrogen and oxygen atoms in total. The number of para-hydroxylation sites is 2. The third-order valence-electron chi connectivity index (χ3n) is 11.2. The van der Waals surface area contributed by atoms with Crippen LogP contribution in [0.5, 0.6) is 11.5 Å². The number of benzene rings is 6. The fraction of sp³-hybridized carbons (Fsp3) is 0.122. The van der Waals surface area contributed by atoms with Crippen LogP contribution in [0.2, 0.25) is 0 Å². The standard InChI is InChI=1S/C41H39N8O3P/c42-24-11-20-9-21-12-25(43)16-32(47)37(21)41(38-22(13-26(44)17-33(38)48)10-23-14-27(45)18-34(49)39(23)41)40(19-28(20)31(46)15-24)29-5-1-3-7-35(29)51-53(50)52-36-8-4-2-6-30(36)40/h1-8,11-18,50H,9-10,19,42-49H2. The van der Waals surface area contributed by atoms with Gasteiger partial charge in [0, 0.05) is 62.0 Å². The molecule has 0 saturated carbocycles. The van der Waals surface area contributed by atoms with Crippen LogP contribution in [-0.2, 0) is 30.1 Å². The summed E-state index contributed by atoms with van der Waals surface area (Å²) in [6, 6.07) is 30.2. The van der Waals surface area contributed by atoms with Crippen LogP contribution >= 0.6 is 8.60 Å². The van der Waals surface area contributed by atoms with Crippen molar-refractivity contribution in [3.05, 3.63) is 153 Å². The highest BCUT2D eigenvalue weighted by atomic mass is 31.2. The first-order chi connectivity index (χ1) is 25.4. The lowest BCUT2D eigenvalue weighted by Crippen LogP contribution is -2.57. The van der Waals surface area contributed by atoms with Gasteiger partial charge in [0.15, 0.2) is 0 Å². The fourth-order valence-corrected chi connectivity index (χ4v) is 10.4. The monoisotopic (exact) mass is 722 g/mol. The zero-order valence-corrected chi connectivity index (χ0v) is 29.6. The van der Waals surface area contributed by atoms with E-state index in [1.807, 2.05) is 72.8 Å². The minimum Gasteiger partial charge on any atom is -0.418 e. The molecule has 0 atom stereocenters. The lowest BCUT2D eigenvalue weighted by atomic mass is 9.43. The quantitative estimate of drug-likeness (QED) is 0.0679. The maximum Gasteiger partial charge on any atom is 0.460 e. The maximum atomic E-state index is 11.3. The van der Waals surface area contributed by atoms with Gasteiger partial charge < -0.3 is 59.8 Å². The zero-order valence-electron chi connectivity index (χ0n) is 28.7. The predicted octanol–water partition coefficient (Wildman–Crippen LogP) is 5.71. The van der Waals surface area contributed by atoms with Gasteiger partial charge in [-0.25, -0.2) is 0 Å².